The molecule has 5 rings (SSSR count). The molecule has 0 radical (unpaired) electrons. The standard InChI is InChI=1S/C28H33FN4O3Si/c1-37(2,3)13-12-35-18-33-25-16-31-24-15-21(25)28(32-33)19-8-9-23(30)26(14-19)36-11-5-10-34-17-20-6-4-7-22(29)27(20)24/h4,6-9,14-16H,5,10-13,17-18,30H2,1-3H3. The smallest absolute Gasteiger partial charge is 0.142 e. The zero-order valence-electron chi connectivity index (χ0n) is 21.6. The van der Waals surface area contributed by atoms with Gasteiger partial charge in [-0.25, -0.2) is 9.07 Å². The summed E-state index contributed by atoms with van der Waals surface area (Å²) >= 11 is 0. The molecular formula is C28H33FN4O3Si. The molecule has 194 valence electrons. The third-order valence-electron chi connectivity index (χ3n) is 6.44. The Bertz CT molecular complexity index is 1420. The van der Waals surface area contributed by atoms with Crippen molar-refractivity contribution in [3.05, 3.63) is 60.0 Å². The normalized spacial score (nSPS) is 14.2. The Morgan fingerprint density at radius 2 is 2.00 bits per heavy atom. The maximum Gasteiger partial charge on any atom is 0.142 e. The summed E-state index contributed by atoms with van der Waals surface area (Å²) in [5, 5.41) is 5.75. The van der Waals surface area contributed by atoms with Gasteiger partial charge in [0.1, 0.15) is 24.0 Å². The van der Waals surface area contributed by atoms with Gasteiger partial charge < -0.3 is 19.9 Å². The highest BCUT2D eigenvalue weighted by Crippen LogP contribution is 2.36. The van der Waals surface area contributed by atoms with Gasteiger partial charge in [0.05, 0.1) is 42.9 Å². The molecule has 0 unspecified atom stereocenters. The van der Waals surface area contributed by atoms with Gasteiger partial charge in [-0.1, -0.05) is 37.8 Å². The maximum absolute atomic E-state index is 15.1. The van der Waals surface area contributed by atoms with Gasteiger partial charge in [0, 0.05) is 37.6 Å². The summed E-state index contributed by atoms with van der Waals surface area (Å²) in [6.07, 6.45) is 2.42. The number of hydrogen-bond acceptors (Lipinski definition) is 6. The van der Waals surface area contributed by atoms with E-state index >= 15 is 4.39 Å². The molecule has 2 N–H and O–H groups in total. The number of hydrogen-bond donors (Lipinski definition) is 1. The minimum Gasteiger partial charge on any atom is -0.491 e. The number of pyridine rings is 1. The fourth-order valence-electron chi connectivity index (χ4n) is 4.36. The minimum atomic E-state index is -1.21. The Labute approximate surface area is 217 Å². The van der Waals surface area contributed by atoms with Gasteiger partial charge in [-0.2, -0.15) is 5.10 Å². The number of halogens is 1. The lowest BCUT2D eigenvalue weighted by Gasteiger charge is -2.15. The molecule has 0 aliphatic carbocycles. The average molecular weight is 521 g/mol. The van der Waals surface area contributed by atoms with Crippen LogP contribution in [0.5, 0.6) is 5.75 Å². The first-order valence-electron chi connectivity index (χ1n) is 12.6. The lowest BCUT2D eigenvalue weighted by atomic mass is 10.0. The van der Waals surface area contributed by atoms with Crippen LogP contribution in [0.25, 0.3) is 33.4 Å². The number of nitrogens with two attached hydrogens (primary N) is 1. The predicted molar refractivity (Wildman–Crippen MR) is 147 cm³/mol. The monoisotopic (exact) mass is 520 g/mol. The fraction of sp³-hybridized carbons (Fsp3) is 0.357. The second-order valence-electron chi connectivity index (χ2n) is 10.6. The number of fused-ring (bicyclic) bond motifs is 6. The zero-order chi connectivity index (χ0) is 26.0. The van der Waals surface area contributed by atoms with Crippen molar-refractivity contribution in [2.75, 3.05) is 25.6 Å². The van der Waals surface area contributed by atoms with Gasteiger partial charge in [-0.3, -0.25) is 4.98 Å². The Morgan fingerprint density at radius 3 is 2.84 bits per heavy atom. The summed E-state index contributed by atoms with van der Waals surface area (Å²) in [5.74, 6) is 0.268. The van der Waals surface area contributed by atoms with E-state index in [1.807, 2.05) is 35.0 Å². The molecule has 2 aromatic carbocycles. The molecule has 4 aromatic rings. The average Bonchev–Trinajstić information content (AvgIpc) is 3.21. The molecule has 0 atom stereocenters. The quantitative estimate of drug-likeness (QED) is 0.195. The fourth-order valence-corrected chi connectivity index (χ4v) is 5.11. The van der Waals surface area contributed by atoms with Crippen molar-refractivity contribution in [1.29, 1.82) is 0 Å². The third-order valence-corrected chi connectivity index (χ3v) is 8.14. The van der Waals surface area contributed by atoms with Crippen molar-refractivity contribution in [1.82, 2.24) is 14.8 Å². The van der Waals surface area contributed by atoms with Gasteiger partial charge >= 0.3 is 0 Å². The van der Waals surface area contributed by atoms with E-state index in [2.05, 4.69) is 24.6 Å². The lowest BCUT2D eigenvalue weighted by Crippen LogP contribution is -2.22. The first-order valence-corrected chi connectivity index (χ1v) is 16.3. The van der Waals surface area contributed by atoms with Crippen LogP contribution < -0.4 is 10.5 Å². The molecule has 0 saturated carbocycles. The molecule has 37 heavy (non-hydrogen) atoms. The summed E-state index contributed by atoms with van der Waals surface area (Å²) in [6.45, 7) is 9.16. The van der Waals surface area contributed by atoms with E-state index in [0.29, 0.717) is 55.7 Å². The Hall–Kier alpha value is -3.27. The van der Waals surface area contributed by atoms with Crippen LogP contribution in [-0.2, 0) is 22.8 Å². The molecule has 3 heterocycles. The molecule has 4 bridgehead atoms. The van der Waals surface area contributed by atoms with E-state index in [1.54, 1.807) is 12.3 Å². The Morgan fingerprint density at radius 1 is 1.14 bits per heavy atom. The van der Waals surface area contributed by atoms with E-state index in [4.69, 9.17) is 25.0 Å². The number of benzene rings is 2. The van der Waals surface area contributed by atoms with E-state index < -0.39 is 8.07 Å². The second-order valence-corrected chi connectivity index (χ2v) is 16.2. The van der Waals surface area contributed by atoms with E-state index in [0.717, 1.165) is 33.8 Å². The first kappa shape index (κ1) is 25.4. The van der Waals surface area contributed by atoms with Crippen molar-refractivity contribution in [2.24, 2.45) is 0 Å². The third kappa shape index (κ3) is 5.68. The lowest BCUT2D eigenvalue weighted by molar-refractivity contribution is 0.0818. The van der Waals surface area contributed by atoms with Crippen LogP contribution in [0.2, 0.25) is 25.7 Å². The van der Waals surface area contributed by atoms with Crippen LogP contribution >= 0.6 is 0 Å². The number of aromatic nitrogens is 3. The number of nitrogens with zero attached hydrogens (tertiary/aromatic N) is 3. The molecular weight excluding hydrogens is 487 g/mol. The first-order chi connectivity index (χ1) is 17.8. The van der Waals surface area contributed by atoms with E-state index in [-0.39, 0.29) is 12.4 Å². The minimum absolute atomic E-state index is 0.278. The zero-order valence-corrected chi connectivity index (χ0v) is 22.6. The maximum atomic E-state index is 15.1. The number of rotatable bonds is 5. The molecule has 0 amide bonds. The van der Waals surface area contributed by atoms with Crippen molar-refractivity contribution in [3.63, 3.8) is 0 Å². The van der Waals surface area contributed by atoms with Crippen LogP contribution in [0.1, 0.15) is 12.0 Å². The van der Waals surface area contributed by atoms with Crippen LogP contribution in [0.3, 0.4) is 0 Å². The SMILES string of the molecule is C[Si](C)(C)CCOCn1nc2c3cc(ncc31)-c1c(F)cccc1COCCCOc1cc-2ccc1N. The van der Waals surface area contributed by atoms with Crippen molar-refractivity contribution in [3.8, 4) is 28.3 Å². The van der Waals surface area contributed by atoms with Crippen LogP contribution in [0.15, 0.2) is 48.7 Å². The summed E-state index contributed by atoms with van der Waals surface area (Å²) in [6, 6.07) is 13.6. The summed E-state index contributed by atoms with van der Waals surface area (Å²) in [5.41, 5.74) is 10.9. The molecule has 0 saturated heterocycles. The number of nitrogen functional groups attached to an aromatic ring is 1. The molecule has 1 aliphatic heterocycles. The summed E-state index contributed by atoms with van der Waals surface area (Å²) in [7, 11) is -1.21. The topological polar surface area (TPSA) is 84.4 Å². The van der Waals surface area contributed by atoms with Gasteiger partial charge in [0.15, 0.2) is 0 Å². The molecule has 2 aromatic heterocycles. The second kappa shape index (κ2) is 10.6. The molecule has 7 nitrogen and oxygen atoms in total. The van der Waals surface area contributed by atoms with Gasteiger partial charge in [-0.05, 0) is 35.9 Å². The molecule has 1 aliphatic rings. The Kier molecular flexibility index (Phi) is 7.28. The van der Waals surface area contributed by atoms with E-state index in [1.165, 1.54) is 6.07 Å². The van der Waals surface area contributed by atoms with Crippen molar-refractivity contribution < 1.29 is 18.6 Å². The number of ether oxygens (including phenoxy) is 3. The molecule has 0 fully saturated rings. The van der Waals surface area contributed by atoms with Gasteiger partial charge in [0.2, 0.25) is 0 Å². The number of anilines is 1. The highest BCUT2D eigenvalue weighted by Gasteiger charge is 2.20. The van der Waals surface area contributed by atoms with Crippen LogP contribution in [0.4, 0.5) is 10.1 Å². The van der Waals surface area contributed by atoms with E-state index in [9.17, 15) is 0 Å². The highest BCUT2D eigenvalue weighted by molar-refractivity contribution is 6.76. The molecule has 0 spiro atoms. The Balaban J connectivity index is 1.63. The van der Waals surface area contributed by atoms with Gasteiger partial charge in [-0.15, -0.1) is 0 Å². The summed E-state index contributed by atoms with van der Waals surface area (Å²) < 4.78 is 34.8. The predicted octanol–water partition coefficient (Wildman–Crippen LogP) is 6.10. The van der Waals surface area contributed by atoms with Crippen LogP contribution in [-0.4, -0.2) is 42.7 Å². The van der Waals surface area contributed by atoms with Crippen molar-refractivity contribution in [2.45, 2.75) is 45.4 Å². The van der Waals surface area contributed by atoms with Crippen LogP contribution in [0, 0.1) is 5.82 Å². The summed E-state index contributed by atoms with van der Waals surface area (Å²) in [4.78, 5) is 4.66. The molecule has 9 heteroatoms. The van der Waals surface area contributed by atoms with Gasteiger partial charge in [0.25, 0.3) is 0 Å². The van der Waals surface area contributed by atoms with Crippen molar-refractivity contribution >= 4 is 24.7 Å². The largest absolute Gasteiger partial charge is 0.491 e. The highest BCUT2D eigenvalue weighted by atomic mass is 28.3.